The van der Waals surface area contributed by atoms with Gasteiger partial charge in [0.15, 0.2) is 0 Å². The summed E-state index contributed by atoms with van der Waals surface area (Å²) in [7, 11) is 0. The maximum atomic E-state index is 8.25. The van der Waals surface area contributed by atoms with Crippen LogP contribution in [-0.4, -0.2) is 4.98 Å². The Hall–Kier alpha value is -3.91. The molecule has 2 nitrogen and oxygen atoms in total. The van der Waals surface area contributed by atoms with Gasteiger partial charge in [0.1, 0.15) is 11.2 Å². The molecule has 0 fully saturated rings. The average molecular weight is 415 g/mol. The minimum atomic E-state index is -0.608. The van der Waals surface area contributed by atoms with Gasteiger partial charge in [-0.1, -0.05) is 80.6 Å². The fourth-order valence-electron chi connectivity index (χ4n) is 4.48. The molecule has 0 amide bonds. The Kier molecular flexibility index (Phi) is 4.07. The molecule has 6 aromatic rings. The molecule has 0 saturated carbocycles. The first kappa shape index (κ1) is 17.7. The second-order valence-electron chi connectivity index (χ2n) is 8.45. The third-order valence-electron chi connectivity index (χ3n) is 6.22. The van der Waals surface area contributed by atoms with Gasteiger partial charge in [0.25, 0.3) is 0 Å². The van der Waals surface area contributed by atoms with Crippen LogP contribution in [-0.2, 0) is 0 Å². The first-order chi connectivity index (χ1) is 16.0. The molecule has 0 aliphatic carbocycles. The molecule has 2 aromatic heterocycles. The zero-order valence-electron chi connectivity index (χ0n) is 19.1. The molecular formula is C30H23NO. The second kappa shape index (κ2) is 7.35. The molecule has 32 heavy (non-hydrogen) atoms. The lowest BCUT2D eigenvalue weighted by Crippen LogP contribution is -1.88. The van der Waals surface area contributed by atoms with E-state index in [9.17, 15) is 0 Å². The van der Waals surface area contributed by atoms with Crippen molar-refractivity contribution in [2.45, 2.75) is 19.7 Å². The topological polar surface area (TPSA) is 26.0 Å². The van der Waals surface area contributed by atoms with Crippen LogP contribution in [0.15, 0.2) is 102 Å². The molecule has 0 bridgehead atoms. The molecule has 0 aliphatic heterocycles. The van der Waals surface area contributed by atoms with Crippen molar-refractivity contribution in [3.8, 4) is 22.4 Å². The molecule has 0 radical (unpaired) electrons. The van der Waals surface area contributed by atoms with E-state index >= 15 is 0 Å². The number of fused-ring (bicyclic) bond motifs is 5. The second-order valence-corrected chi connectivity index (χ2v) is 8.45. The predicted octanol–water partition coefficient (Wildman–Crippen LogP) is 8.59. The molecule has 6 rings (SSSR count). The molecule has 0 saturated heterocycles. The molecule has 4 aromatic carbocycles. The minimum Gasteiger partial charge on any atom is -0.455 e. The van der Waals surface area contributed by atoms with Crippen LogP contribution in [0.1, 0.15) is 26.7 Å². The Labute approximate surface area is 188 Å². The van der Waals surface area contributed by atoms with Crippen molar-refractivity contribution in [1.29, 1.82) is 0 Å². The zero-order chi connectivity index (χ0) is 22.6. The van der Waals surface area contributed by atoms with E-state index < -0.39 is 5.89 Å². The van der Waals surface area contributed by atoms with E-state index in [4.69, 9.17) is 5.79 Å². The van der Waals surface area contributed by atoms with Gasteiger partial charge in [0, 0.05) is 29.3 Å². The minimum absolute atomic E-state index is 0.608. The first-order valence-corrected chi connectivity index (χ1v) is 10.9. The van der Waals surface area contributed by atoms with Crippen molar-refractivity contribution in [3.63, 3.8) is 0 Å². The number of nitrogens with zero attached hydrogens (tertiary/aromatic N) is 1. The highest BCUT2D eigenvalue weighted by Gasteiger charge is 2.15. The van der Waals surface area contributed by atoms with Crippen molar-refractivity contribution in [3.05, 3.63) is 103 Å². The Morgan fingerprint density at radius 2 is 1.50 bits per heavy atom. The summed E-state index contributed by atoms with van der Waals surface area (Å²) in [6, 6.07) is 31.3. The Morgan fingerprint density at radius 1 is 0.719 bits per heavy atom. The SMILES string of the molecule is [2H]C(C)(C)c1ccc(-c2ccnc(-c3cccc4c3oc3c5ccccc5ccc43)c2)cc1. The summed E-state index contributed by atoms with van der Waals surface area (Å²) in [6.07, 6.45) is 1.85. The van der Waals surface area contributed by atoms with Crippen LogP contribution >= 0.6 is 0 Å². The van der Waals surface area contributed by atoms with E-state index in [1.807, 2.05) is 44.3 Å². The normalized spacial score (nSPS) is 12.5. The molecular weight excluding hydrogens is 390 g/mol. The lowest BCUT2D eigenvalue weighted by atomic mass is 9.98. The summed E-state index contributed by atoms with van der Waals surface area (Å²) >= 11 is 0. The smallest absolute Gasteiger partial charge is 0.144 e. The van der Waals surface area contributed by atoms with Gasteiger partial charge in [0.05, 0.1) is 5.69 Å². The third-order valence-corrected chi connectivity index (χ3v) is 6.22. The predicted molar refractivity (Wildman–Crippen MR) is 134 cm³/mol. The lowest BCUT2D eigenvalue weighted by Gasteiger charge is -2.08. The molecule has 0 unspecified atom stereocenters. The van der Waals surface area contributed by atoms with Crippen LogP contribution in [0.2, 0.25) is 0 Å². The first-order valence-electron chi connectivity index (χ1n) is 11.4. The fourth-order valence-corrected chi connectivity index (χ4v) is 4.48. The van der Waals surface area contributed by atoms with Crippen LogP contribution in [0.3, 0.4) is 0 Å². The standard InChI is InChI=1S/C30H23NO/c1-19(2)20-10-12-21(13-11-20)23-16-17-31-28(18-23)27-9-5-8-25-26-15-14-22-6-3-4-7-24(22)29(26)32-30(25)27/h3-19H,1-2H3/i19D. The fraction of sp³-hybridized carbons (Fsp3) is 0.100. The molecule has 0 aliphatic rings. The van der Waals surface area contributed by atoms with Crippen LogP contribution in [0, 0.1) is 0 Å². The van der Waals surface area contributed by atoms with Crippen molar-refractivity contribution < 1.29 is 5.79 Å². The van der Waals surface area contributed by atoms with Crippen LogP contribution in [0.25, 0.3) is 55.1 Å². The molecule has 0 N–H and O–H groups in total. The van der Waals surface area contributed by atoms with E-state index in [-0.39, 0.29) is 0 Å². The Balaban J connectivity index is 1.50. The highest BCUT2D eigenvalue weighted by Crippen LogP contribution is 2.38. The lowest BCUT2D eigenvalue weighted by molar-refractivity contribution is 0.673. The van der Waals surface area contributed by atoms with E-state index in [1.54, 1.807) is 0 Å². The number of hydrogen-bond donors (Lipinski definition) is 0. The maximum absolute atomic E-state index is 8.25. The van der Waals surface area contributed by atoms with Gasteiger partial charge in [-0.25, -0.2) is 0 Å². The summed E-state index contributed by atoms with van der Waals surface area (Å²) in [4.78, 5) is 4.68. The molecule has 0 atom stereocenters. The van der Waals surface area contributed by atoms with Crippen molar-refractivity contribution in [2.24, 2.45) is 0 Å². The Bertz CT molecular complexity index is 1640. The van der Waals surface area contributed by atoms with Gasteiger partial charge in [-0.05, 0) is 52.2 Å². The maximum Gasteiger partial charge on any atom is 0.144 e. The quantitative estimate of drug-likeness (QED) is 0.290. The van der Waals surface area contributed by atoms with Crippen LogP contribution in [0.5, 0.6) is 0 Å². The number of pyridine rings is 1. The summed E-state index contributed by atoms with van der Waals surface area (Å²) in [6.45, 7) is 3.81. The van der Waals surface area contributed by atoms with Crippen LogP contribution < -0.4 is 0 Å². The van der Waals surface area contributed by atoms with Crippen molar-refractivity contribution >= 4 is 32.7 Å². The van der Waals surface area contributed by atoms with Gasteiger partial charge in [-0.15, -0.1) is 0 Å². The van der Waals surface area contributed by atoms with Gasteiger partial charge in [0.2, 0.25) is 0 Å². The number of hydrogen-bond acceptors (Lipinski definition) is 2. The Morgan fingerprint density at radius 3 is 2.34 bits per heavy atom. The third kappa shape index (κ3) is 2.99. The van der Waals surface area contributed by atoms with Crippen LogP contribution in [0.4, 0.5) is 0 Å². The largest absolute Gasteiger partial charge is 0.455 e. The number of rotatable bonds is 3. The zero-order valence-corrected chi connectivity index (χ0v) is 18.1. The summed E-state index contributed by atoms with van der Waals surface area (Å²) in [5.41, 5.74) is 6.84. The average Bonchev–Trinajstić information content (AvgIpc) is 3.23. The molecule has 154 valence electrons. The van der Waals surface area contributed by atoms with Gasteiger partial charge >= 0.3 is 0 Å². The monoisotopic (exact) mass is 414 g/mol. The molecule has 2 heterocycles. The summed E-state index contributed by atoms with van der Waals surface area (Å²) < 4.78 is 14.7. The number of benzene rings is 4. The van der Waals surface area contributed by atoms with E-state index in [1.165, 1.54) is 5.39 Å². The van der Waals surface area contributed by atoms with Crippen molar-refractivity contribution in [1.82, 2.24) is 4.98 Å². The molecule has 0 spiro atoms. The van der Waals surface area contributed by atoms with E-state index in [2.05, 4.69) is 71.7 Å². The number of furan rings is 1. The van der Waals surface area contributed by atoms with Gasteiger partial charge < -0.3 is 4.42 Å². The van der Waals surface area contributed by atoms with E-state index in [0.717, 1.165) is 55.3 Å². The number of aromatic nitrogens is 1. The highest BCUT2D eigenvalue weighted by molar-refractivity contribution is 6.17. The van der Waals surface area contributed by atoms with Crippen molar-refractivity contribution in [2.75, 3.05) is 0 Å². The highest BCUT2D eigenvalue weighted by atomic mass is 16.3. The summed E-state index contributed by atoms with van der Waals surface area (Å²) in [5, 5.41) is 4.51. The number of para-hydroxylation sites is 1. The van der Waals surface area contributed by atoms with E-state index in [0.29, 0.717) is 0 Å². The van der Waals surface area contributed by atoms with Gasteiger partial charge in [-0.2, -0.15) is 0 Å². The summed E-state index contributed by atoms with van der Waals surface area (Å²) in [5.74, 6) is -0.608. The van der Waals surface area contributed by atoms with Gasteiger partial charge in [-0.3, -0.25) is 4.98 Å². The molecule has 2 heteroatoms.